The van der Waals surface area contributed by atoms with E-state index in [0.29, 0.717) is 5.56 Å². The van der Waals surface area contributed by atoms with Crippen LogP contribution in [0.3, 0.4) is 0 Å². The maximum absolute atomic E-state index is 13.9. The molecule has 1 unspecified atom stereocenters. The smallest absolute Gasteiger partial charge is 0.408 e. The van der Waals surface area contributed by atoms with E-state index in [1.807, 2.05) is 0 Å². The van der Waals surface area contributed by atoms with Crippen molar-refractivity contribution in [2.24, 2.45) is 0 Å². The molecule has 0 saturated carbocycles. The highest BCUT2D eigenvalue weighted by Crippen LogP contribution is 2.38. The number of ether oxygens (including phenoxy) is 2. The van der Waals surface area contributed by atoms with Crippen LogP contribution in [0.2, 0.25) is 0 Å². The van der Waals surface area contributed by atoms with E-state index in [1.165, 1.54) is 31.3 Å². The zero-order chi connectivity index (χ0) is 26.9. The molecule has 0 heterocycles. The Hall–Kier alpha value is -3.56. The van der Waals surface area contributed by atoms with Crippen molar-refractivity contribution in [1.82, 2.24) is 10.6 Å². The van der Waals surface area contributed by atoms with Gasteiger partial charge in [0.25, 0.3) is 5.91 Å². The number of halogens is 3. The van der Waals surface area contributed by atoms with E-state index in [9.17, 15) is 27.6 Å². The summed E-state index contributed by atoms with van der Waals surface area (Å²) >= 11 is 0. The Labute approximate surface area is 208 Å². The SMILES string of the molecule is CNC(=O)c1ccc(C(CC[C@H](NC(=O)OC(C)(C)C)C(=O)OCc2ccccc2)C(F)(F)F)cc1. The molecule has 2 N–H and O–H groups in total. The van der Waals surface area contributed by atoms with Gasteiger partial charge in [0.05, 0.1) is 5.92 Å². The lowest BCUT2D eigenvalue weighted by Crippen LogP contribution is -2.44. The molecule has 2 aromatic carbocycles. The van der Waals surface area contributed by atoms with E-state index in [2.05, 4.69) is 10.6 Å². The van der Waals surface area contributed by atoms with Crippen molar-refractivity contribution in [3.05, 3.63) is 71.3 Å². The number of carbonyl (C=O) groups is 3. The maximum atomic E-state index is 13.9. The van der Waals surface area contributed by atoms with Gasteiger partial charge in [0.15, 0.2) is 0 Å². The van der Waals surface area contributed by atoms with Gasteiger partial charge in [0.1, 0.15) is 18.2 Å². The molecule has 0 fully saturated rings. The van der Waals surface area contributed by atoms with Crippen LogP contribution < -0.4 is 10.6 Å². The molecule has 7 nitrogen and oxygen atoms in total. The van der Waals surface area contributed by atoms with Crippen molar-refractivity contribution >= 4 is 18.0 Å². The topological polar surface area (TPSA) is 93.7 Å². The number of esters is 1. The Morgan fingerprint density at radius 1 is 0.917 bits per heavy atom. The van der Waals surface area contributed by atoms with E-state index in [-0.39, 0.29) is 24.2 Å². The van der Waals surface area contributed by atoms with Gasteiger partial charge < -0.3 is 20.1 Å². The molecule has 2 aromatic rings. The lowest BCUT2D eigenvalue weighted by Gasteiger charge is -2.25. The van der Waals surface area contributed by atoms with Crippen LogP contribution in [-0.2, 0) is 20.9 Å². The van der Waals surface area contributed by atoms with Gasteiger partial charge >= 0.3 is 18.2 Å². The van der Waals surface area contributed by atoms with E-state index in [4.69, 9.17) is 9.47 Å². The number of rotatable bonds is 9. The minimum Gasteiger partial charge on any atom is -0.459 e. The first kappa shape index (κ1) is 28.7. The Balaban J connectivity index is 2.19. The van der Waals surface area contributed by atoms with Crippen molar-refractivity contribution in [2.45, 2.75) is 64.0 Å². The van der Waals surface area contributed by atoms with Crippen LogP contribution in [0.4, 0.5) is 18.0 Å². The van der Waals surface area contributed by atoms with Crippen molar-refractivity contribution in [3.63, 3.8) is 0 Å². The second-order valence-electron chi connectivity index (χ2n) is 9.16. The third-order valence-corrected chi connectivity index (χ3v) is 5.14. The van der Waals surface area contributed by atoms with Crippen molar-refractivity contribution in [2.75, 3.05) is 7.05 Å². The summed E-state index contributed by atoms with van der Waals surface area (Å²) < 4.78 is 52.2. The number of alkyl halides is 3. The summed E-state index contributed by atoms with van der Waals surface area (Å²) in [6.07, 6.45) is -6.43. The number of hydrogen-bond acceptors (Lipinski definition) is 5. The summed E-state index contributed by atoms with van der Waals surface area (Å²) in [5.74, 6) is -3.23. The van der Waals surface area contributed by atoms with E-state index < -0.39 is 48.1 Å². The molecule has 0 aliphatic rings. The number of hydrogen-bond donors (Lipinski definition) is 2. The normalized spacial score (nSPS) is 13.3. The average molecular weight is 509 g/mol. The molecule has 2 amide bonds. The number of nitrogens with one attached hydrogen (secondary N) is 2. The van der Waals surface area contributed by atoms with E-state index in [0.717, 1.165) is 0 Å². The molecule has 36 heavy (non-hydrogen) atoms. The van der Waals surface area contributed by atoms with Crippen LogP contribution in [0.25, 0.3) is 0 Å². The predicted octanol–water partition coefficient (Wildman–Crippen LogP) is 5.11. The molecular formula is C26H31F3N2O5. The summed E-state index contributed by atoms with van der Waals surface area (Å²) in [6, 6.07) is 12.5. The van der Waals surface area contributed by atoms with Crippen LogP contribution in [0.15, 0.2) is 54.6 Å². The Kier molecular flexibility index (Phi) is 9.89. The van der Waals surface area contributed by atoms with Gasteiger partial charge in [-0.1, -0.05) is 42.5 Å². The van der Waals surface area contributed by atoms with Gasteiger partial charge in [-0.2, -0.15) is 13.2 Å². The van der Waals surface area contributed by atoms with E-state index in [1.54, 1.807) is 51.1 Å². The van der Waals surface area contributed by atoms with Crippen molar-refractivity contribution in [1.29, 1.82) is 0 Å². The van der Waals surface area contributed by atoms with Crippen molar-refractivity contribution in [3.8, 4) is 0 Å². The Morgan fingerprint density at radius 2 is 1.53 bits per heavy atom. The van der Waals surface area contributed by atoms with Gasteiger partial charge in [-0.05, 0) is 56.9 Å². The average Bonchev–Trinajstić information content (AvgIpc) is 2.80. The molecule has 2 atom stereocenters. The standard InChI is InChI=1S/C26H31F3N2O5/c1-25(2,3)36-24(34)31-21(23(33)35-16-17-8-6-5-7-9-17)15-14-20(26(27,28)29)18-10-12-19(13-11-18)22(32)30-4/h5-13,20-21H,14-16H2,1-4H3,(H,30,32)(H,31,34)/t20?,21-/m0/s1. The lowest BCUT2D eigenvalue weighted by molar-refractivity contribution is -0.155. The predicted molar refractivity (Wildman–Crippen MR) is 127 cm³/mol. The fourth-order valence-electron chi connectivity index (χ4n) is 3.39. The highest BCUT2D eigenvalue weighted by atomic mass is 19.4. The number of carbonyl (C=O) groups excluding carboxylic acids is 3. The second-order valence-corrected chi connectivity index (χ2v) is 9.16. The Morgan fingerprint density at radius 3 is 2.06 bits per heavy atom. The van der Waals surface area contributed by atoms with Gasteiger partial charge in [-0.3, -0.25) is 4.79 Å². The number of benzene rings is 2. The maximum Gasteiger partial charge on any atom is 0.408 e. The first-order valence-electron chi connectivity index (χ1n) is 11.4. The zero-order valence-electron chi connectivity index (χ0n) is 20.6. The van der Waals surface area contributed by atoms with Crippen LogP contribution in [0.5, 0.6) is 0 Å². The first-order chi connectivity index (χ1) is 16.8. The third-order valence-electron chi connectivity index (χ3n) is 5.14. The van der Waals surface area contributed by atoms with Gasteiger partial charge in [-0.15, -0.1) is 0 Å². The summed E-state index contributed by atoms with van der Waals surface area (Å²) in [4.78, 5) is 36.7. The summed E-state index contributed by atoms with van der Waals surface area (Å²) in [7, 11) is 1.42. The molecule has 10 heteroatoms. The van der Waals surface area contributed by atoms with E-state index >= 15 is 0 Å². The first-order valence-corrected chi connectivity index (χ1v) is 11.4. The number of amides is 2. The van der Waals surface area contributed by atoms with Crippen LogP contribution >= 0.6 is 0 Å². The zero-order valence-corrected chi connectivity index (χ0v) is 20.6. The van der Waals surface area contributed by atoms with Gasteiger partial charge in [0.2, 0.25) is 0 Å². The number of alkyl carbamates (subject to hydrolysis) is 1. The fourth-order valence-corrected chi connectivity index (χ4v) is 3.39. The van der Waals surface area contributed by atoms with Gasteiger partial charge in [-0.25, -0.2) is 9.59 Å². The molecule has 0 radical (unpaired) electrons. The molecule has 0 spiro atoms. The minimum absolute atomic E-state index is 0.0659. The quantitative estimate of drug-likeness (QED) is 0.459. The monoisotopic (exact) mass is 508 g/mol. The van der Waals surface area contributed by atoms with Crippen LogP contribution in [0, 0.1) is 0 Å². The molecule has 0 bridgehead atoms. The molecule has 0 saturated heterocycles. The molecule has 0 aromatic heterocycles. The molecular weight excluding hydrogens is 477 g/mol. The lowest BCUT2D eigenvalue weighted by atomic mass is 9.91. The van der Waals surface area contributed by atoms with Crippen LogP contribution in [0.1, 0.15) is 61.0 Å². The third kappa shape index (κ3) is 9.24. The van der Waals surface area contributed by atoms with Crippen LogP contribution in [-0.4, -0.2) is 42.8 Å². The minimum atomic E-state index is -4.63. The summed E-state index contributed by atoms with van der Waals surface area (Å²) in [5, 5.41) is 4.75. The second kappa shape index (κ2) is 12.4. The highest BCUT2D eigenvalue weighted by Gasteiger charge is 2.41. The summed E-state index contributed by atoms with van der Waals surface area (Å²) in [6.45, 7) is 4.77. The molecule has 0 aliphatic heterocycles. The van der Waals surface area contributed by atoms with Crippen molar-refractivity contribution < 1.29 is 37.0 Å². The Bertz CT molecular complexity index is 1020. The molecule has 196 valence electrons. The van der Waals surface area contributed by atoms with Gasteiger partial charge in [0, 0.05) is 12.6 Å². The molecule has 2 rings (SSSR count). The largest absolute Gasteiger partial charge is 0.459 e. The molecule has 0 aliphatic carbocycles. The fraction of sp³-hybridized carbons (Fsp3) is 0.423. The summed E-state index contributed by atoms with van der Waals surface area (Å²) in [5.41, 5.74) is -0.0323. The highest BCUT2D eigenvalue weighted by molar-refractivity contribution is 5.93.